The summed E-state index contributed by atoms with van der Waals surface area (Å²) in [5.41, 5.74) is 5.81. The monoisotopic (exact) mass is 502 g/mol. The van der Waals surface area contributed by atoms with Gasteiger partial charge in [-0.25, -0.2) is 4.98 Å². The summed E-state index contributed by atoms with van der Waals surface area (Å²) in [6.45, 7) is 0.770. The summed E-state index contributed by atoms with van der Waals surface area (Å²) in [4.78, 5) is 54.8. The molecule has 2 saturated heterocycles. The molecule has 0 radical (unpaired) electrons. The maximum absolute atomic E-state index is 13.2. The van der Waals surface area contributed by atoms with Gasteiger partial charge < -0.3 is 25.8 Å². The lowest BCUT2D eigenvalue weighted by Crippen LogP contribution is -2.74. The minimum absolute atomic E-state index is 0.103. The summed E-state index contributed by atoms with van der Waals surface area (Å²) >= 11 is 2.44. The Balaban J connectivity index is 1.50. The van der Waals surface area contributed by atoms with Gasteiger partial charge in [0, 0.05) is 24.6 Å². The summed E-state index contributed by atoms with van der Waals surface area (Å²) in [6, 6.07) is 8.41. The van der Waals surface area contributed by atoms with Crippen LogP contribution >= 0.6 is 23.1 Å². The fourth-order valence-corrected chi connectivity index (χ4v) is 5.83. The Labute approximate surface area is 203 Å². The summed E-state index contributed by atoms with van der Waals surface area (Å²) in [5.74, 6) is -2.48. The number of anilines is 1. The minimum Gasteiger partial charge on any atom is -0.481 e. The van der Waals surface area contributed by atoms with Crippen LogP contribution in [0.2, 0.25) is 0 Å². The standard InChI is InChI=1S/C22H22N4O6S2/c1-12(27)32-10-22(20(30)31)9-26-18(29)16(19(26)34-11-22)25-17(28)14(15-8-33-21(23)24-15)7-13-5-3-2-4-6-13/h2-8,16,19H,9-11H2,1H3,(H2,23,24)(H,25,28)(H,30,31)/t16?,19-,22?/m1/s1. The van der Waals surface area contributed by atoms with E-state index in [0.717, 1.165) is 5.56 Å². The van der Waals surface area contributed by atoms with Crippen LogP contribution in [0.3, 0.4) is 0 Å². The van der Waals surface area contributed by atoms with Gasteiger partial charge in [0.15, 0.2) is 5.13 Å². The zero-order chi connectivity index (χ0) is 24.5. The number of nitrogen functional groups attached to an aromatic ring is 1. The SMILES string of the molecule is CC(=O)OCC1(C(=O)O)CS[C@@H]2C(NC(=O)C(=Cc3ccccc3)c3csc(N)n3)C(=O)N2C1. The highest BCUT2D eigenvalue weighted by molar-refractivity contribution is 8.00. The number of thioether (sulfide) groups is 1. The van der Waals surface area contributed by atoms with E-state index in [1.54, 1.807) is 11.5 Å². The molecule has 0 bridgehead atoms. The van der Waals surface area contributed by atoms with Crippen LogP contribution in [0.1, 0.15) is 18.2 Å². The molecule has 12 heteroatoms. The lowest BCUT2D eigenvalue weighted by molar-refractivity contribution is -0.164. The van der Waals surface area contributed by atoms with E-state index >= 15 is 0 Å². The number of nitrogens with one attached hydrogen (secondary N) is 1. The molecular weight excluding hydrogens is 480 g/mol. The van der Waals surface area contributed by atoms with E-state index in [1.165, 1.54) is 34.9 Å². The van der Waals surface area contributed by atoms with E-state index in [-0.39, 0.29) is 24.5 Å². The Bertz CT molecular complexity index is 1170. The number of carbonyl (C=O) groups is 4. The second-order valence-electron chi connectivity index (χ2n) is 8.02. The zero-order valence-electron chi connectivity index (χ0n) is 18.1. The van der Waals surface area contributed by atoms with Gasteiger partial charge in [-0.15, -0.1) is 23.1 Å². The molecule has 2 aromatic rings. The lowest BCUT2D eigenvalue weighted by Gasteiger charge is -2.53. The molecule has 2 unspecified atom stereocenters. The molecule has 1 aromatic heterocycles. The first-order valence-corrected chi connectivity index (χ1v) is 12.2. The van der Waals surface area contributed by atoms with Crippen molar-refractivity contribution in [2.75, 3.05) is 24.6 Å². The van der Waals surface area contributed by atoms with Crippen molar-refractivity contribution >= 4 is 63.6 Å². The van der Waals surface area contributed by atoms with Gasteiger partial charge in [0.05, 0.1) is 11.3 Å². The van der Waals surface area contributed by atoms with Crippen molar-refractivity contribution in [3.05, 3.63) is 47.0 Å². The van der Waals surface area contributed by atoms with Gasteiger partial charge in [-0.2, -0.15) is 0 Å². The van der Waals surface area contributed by atoms with Gasteiger partial charge in [0.2, 0.25) is 5.91 Å². The minimum atomic E-state index is -1.39. The molecule has 10 nitrogen and oxygen atoms in total. The number of aromatic nitrogens is 1. The fraction of sp³-hybridized carbons (Fsp3) is 0.318. The number of carboxylic acid groups (broad SMARTS) is 1. The molecule has 0 saturated carbocycles. The number of esters is 1. The first-order valence-electron chi connectivity index (χ1n) is 10.3. The largest absolute Gasteiger partial charge is 0.481 e. The van der Waals surface area contributed by atoms with Crippen LogP contribution in [-0.4, -0.2) is 69.1 Å². The van der Waals surface area contributed by atoms with Crippen LogP contribution in [0.4, 0.5) is 5.13 Å². The molecule has 3 heterocycles. The molecule has 0 aliphatic carbocycles. The predicted molar refractivity (Wildman–Crippen MR) is 127 cm³/mol. The molecule has 2 fully saturated rings. The van der Waals surface area contributed by atoms with Crippen molar-refractivity contribution in [2.24, 2.45) is 5.41 Å². The third-order valence-electron chi connectivity index (χ3n) is 5.59. The lowest BCUT2D eigenvalue weighted by atomic mass is 9.88. The van der Waals surface area contributed by atoms with Crippen LogP contribution < -0.4 is 11.1 Å². The van der Waals surface area contributed by atoms with Crippen molar-refractivity contribution in [2.45, 2.75) is 18.3 Å². The first-order chi connectivity index (χ1) is 16.2. The third kappa shape index (κ3) is 4.64. The van der Waals surface area contributed by atoms with E-state index in [4.69, 9.17) is 10.5 Å². The number of ether oxygens (including phenoxy) is 1. The molecule has 178 valence electrons. The van der Waals surface area contributed by atoms with Crippen LogP contribution in [0, 0.1) is 5.41 Å². The molecule has 1 aromatic carbocycles. The van der Waals surface area contributed by atoms with Gasteiger partial charge in [-0.3, -0.25) is 19.2 Å². The number of fused-ring (bicyclic) bond motifs is 1. The summed E-state index contributed by atoms with van der Waals surface area (Å²) in [5, 5.41) is 14.1. The van der Waals surface area contributed by atoms with E-state index in [2.05, 4.69) is 10.3 Å². The number of hydrogen-bond donors (Lipinski definition) is 3. The molecule has 4 N–H and O–H groups in total. The number of carboxylic acids is 1. The smallest absolute Gasteiger partial charge is 0.315 e. The average molecular weight is 503 g/mol. The fourth-order valence-electron chi connectivity index (χ4n) is 3.75. The van der Waals surface area contributed by atoms with E-state index in [0.29, 0.717) is 10.8 Å². The average Bonchev–Trinajstić information content (AvgIpc) is 3.25. The molecule has 4 rings (SSSR count). The number of benzene rings is 1. The summed E-state index contributed by atoms with van der Waals surface area (Å²) < 4.78 is 4.95. The predicted octanol–water partition coefficient (Wildman–Crippen LogP) is 1.30. The molecule has 0 spiro atoms. The van der Waals surface area contributed by atoms with Crippen LogP contribution in [0.15, 0.2) is 35.7 Å². The highest BCUT2D eigenvalue weighted by Crippen LogP contribution is 2.42. The Hall–Kier alpha value is -3.38. The van der Waals surface area contributed by atoms with E-state index in [9.17, 15) is 24.3 Å². The van der Waals surface area contributed by atoms with Crippen molar-refractivity contribution < 1.29 is 29.0 Å². The number of rotatable bonds is 7. The Morgan fingerprint density at radius 2 is 2.09 bits per heavy atom. The summed E-state index contributed by atoms with van der Waals surface area (Å²) in [6.07, 6.45) is 1.67. The Morgan fingerprint density at radius 1 is 1.35 bits per heavy atom. The highest BCUT2D eigenvalue weighted by atomic mass is 32.2. The van der Waals surface area contributed by atoms with Gasteiger partial charge in [0.25, 0.3) is 5.91 Å². The van der Waals surface area contributed by atoms with Gasteiger partial charge in [-0.05, 0) is 11.6 Å². The number of nitrogens with two attached hydrogens (primary N) is 1. The Morgan fingerprint density at radius 3 is 2.71 bits per heavy atom. The van der Waals surface area contributed by atoms with Crippen molar-refractivity contribution in [1.82, 2.24) is 15.2 Å². The van der Waals surface area contributed by atoms with Gasteiger partial charge >= 0.3 is 11.9 Å². The molecule has 3 atom stereocenters. The second kappa shape index (κ2) is 9.47. The van der Waals surface area contributed by atoms with Crippen LogP contribution in [-0.2, 0) is 23.9 Å². The molecule has 34 heavy (non-hydrogen) atoms. The van der Waals surface area contributed by atoms with Gasteiger partial charge in [-0.1, -0.05) is 30.3 Å². The number of hydrogen-bond acceptors (Lipinski definition) is 9. The maximum Gasteiger partial charge on any atom is 0.315 e. The number of β-lactam (4-membered cyclic amide) rings is 1. The normalized spacial score (nSPS) is 24.1. The zero-order valence-corrected chi connectivity index (χ0v) is 19.7. The number of thiazole rings is 1. The topological polar surface area (TPSA) is 152 Å². The van der Waals surface area contributed by atoms with E-state index in [1.807, 2.05) is 30.3 Å². The van der Waals surface area contributed by atoms with Crippen LogP contribution in [0.5, 0.6) is 0 Å². The second-order valence-corrected chi connectivity index (χ2v) is 10.0. The molecule has 2 amide bonds. The Kier molecular flexibility index (Phi) is 6.62. The maximum atomic E-state index is 13.2. The number of aliphatic carboxylic acids is 1. The van der Waals surface area contributed by atoms with E-state index < -0.39 is 40.6 Å². The molecule has 2 aliphatic heterocycles. The quantitative estimate of drug-likeness (QED) is 0.289. The number of amides is 2. The van der Waals surface area contributed by atoms with Crippen LogP contribution in [0.25, 0.3) is 11.6 Å². The number of carbonyl (C=O) groups excluding carboxylic acids is 3. The summed E-state index contributed by atoms with van der Waals surface area (Å²) in [7, 11) is 0. The van der Waals surface area contributed by atoms with Crippen molar-refractivity contribution in [3.63, 3.8) is 0 Å². The highest BCUT2D eigenvalue weighted by Gasteiger charge is 2.58. The molecular formula is C22H22N4O6S2. The first kappa shape index (κ1) is 23.8. The third-order valence-corrected chi connectivity index (χ3v) is 7.85. The van der Waals surface area contributed by atoms with Gasteiger partial charge in [0.1, 0.15) is 23.4 Å². The number of nitrogens with zero attached hydrogens (tertiary/aromatic N) is 2. The van der Waals surface area contributed by atoms with Crippen molar-refractivity contribution in [3.8, 4) is 0 Å². The van der Waals surface area contributed by atoms with Crippen molar-refractivity contribution in [1.29, 1.82) is 0 Å². The molecule has 2 aliphatic rings.